The number of rotatable bonds is 4. The lowest BCUT2D eigenvalue weighted by Gasteiger charge is -2.33. The van der Waals surface area contributed by atoms with Crippen molar-refractivity contribution in [2.75, 3.05) is 43.4 Å². The zero-order chi connectivity index (χ0) is 17.8. The first-order valence-corrected chi connectivity index (χ1v) is 8.44. The van der Waals surface area contributed by atoms with Crippen molar-refractivity contribution in [3.05, 3.63) is 40.7 Å². The number of piperazine rings is 1. The van der Waals surface area contributed by atoms with E-state index in [1.807, 2.05) is 20.0 Å². The first-order chi connectivity index (χ1) is 12.1. The second-order valence-electron chi connectivity index (χ2n) is 6.41. The number of nitrogens with one attached hydrogen (secondary N) is 1. The Kier molecular flexibility index (Phi) is 5.10. The fraction of sp³-hybridized carbons (Fsp3) is 0.444. The van der Waals surface area contributed by atoms with E-state index in [4.69, 9.17) is 0 Å². The van der Waals surface area contributed by atoms with Gasteiger partial charge in [-0.2, -0.15) is 10.4 Å². The molecule has 2 aromatic heterocycles. The number of hydrogen-bond donors (Lipinski definition) is 1. The molecule has 7 nitrogen and oxygen atoms in total. The fourth-order valence-corrected chi connectivity index (χ4v) is 2.80. The number of pyridine rings is 1. The van der Waals surface area contributed by atoms with Crippen LogP contribution in [0.4, 0.5) is 11.6 Å². The van der Waals surface area contributed by atoms with Crippen LogP contribution in [0, 0.1) is 25.2 Å². The molecule has 0 bridgehead atoms. The Balaban J connectivity index is 1.65. The van der Waals surface area contributed by atoms with Crippen LogP contribution in [0.1, 0.15) is 22.4 Å². The maximum atomic E-state index is 9.34. The van der Waals surface area contributed by atoms with E-state index in [2.05, 4.69) is 55.5 Å². The normalized spacial score (nSPS) is 15.0. The van der Waals surface area contributed by atoms with E-state index >= 15 is 0 Å². The first-order valence-electron chi connectivity index (χ1n) is 8.44. The predicted octanol–water partition coefficient (Wildman–Crippen LogP) is 1.72. The summed E-state index contributed by atoms with van der Waals surface area (Å²) < 4.78 is 0. The summed E-state index contributed by atoms with van der Waals surface area (Å²) >= 11 is 0. The summed E-state index contributed by atoms with van der Waals surface area (Å²) in [6.45, 7) is 8.44. The Morgan fingerprint density at radius 3 is 2.56 bits per heavy atom. The highest BCUT2D eigenvalue weighted by Crippen LogP contribution is 2.18. The zero-order valence-corrected chi connectivity index (χ0v) is 15.0. The Labute approximate surface area is 148 Å². The molecule has 0 atom stereocenters. The summed E-state index contributed by atoms with van der Waals surface area (Å²) in [5.41, 5.74) is 3.24. The van der Waals surface area contributed by atoms with Crippen molar-refractivity contribution in [3.8, 4) is 6.07 Å². The van der Waals surface area contributed by atoms with Gasteiger partial charge >= 0.3 is 0 Å². The molecule has 1 aliphatic rings. The molecule has 1 fully saturated rings. The van der Waals surface area contributed by atoms with Gasteiger partial charge in [-0.25, -0.2) is 4.98 Å². The lowest BCUT2D eigenvalue weighted by molar-refractivity contribution is 0.312. The van der Waals surface area contributed by atoms with Gasteiger partial charge in [0, 0.05) is 38.9 Å². The molecule has 0 saturated carbocycles. The summed E-state index contributed by atoms with van der Waals surface area (Å²) in [4.78, 5) is 9.21. The Bertz CT molecular complexity index is 771. The van der Waals surface area contributed by atoms with Crippen LogP contribution in [0.2, 0.25) is 0 Å². The topological polar surface area (TPSA) is 81.0 Å². The number of hydrogen-bond acceptors (Lipinski definition) is 7. The van der Waals surface area contributed by atoms with Crippen molar-refractivity contribution in [1.82, 2.24) is 20.1 Å². The number of likely N-dealkylation sites (N-methyl/N-ethyl adjacent to an activating group) is 1. The van der Waals surface area contributed by atoms with E-state index in [-0.39, 0.29) is 0 Å². The van der Waals surface area contributed by atoms with E-state index in [0.29, 0.717) is 17.9 Å². The standard InChI is InChI=1S/C18H23N7/c1-13-14(2)22-23-18(16(13)10-19)21-12-15-4-5-17(20-11-15)25-8-6-24(3)7-9-25/h4-5,11H,6-9,12H2,1-3H3,(H,21,23). The molecule has 0 aliphatic carbocycles. The van der Waals surface area contributed by atoms with Crippen molar-refractivity contribution in [2.45, 2.75) is 20.4 Å². The van der Waals surface area contributed by atoms with Crippen LogP contribution < -0.4 is 10.2 Å². The second-order valence-corrected chi connectivity index (χ2v) is 6.41. The van der Waals surface area contributed by atoms with Gasteiger partial charge in [0.15, 0.2) is 5.82 Å². The van der Waals surface area contributed by atoms with Crippen LogP contribution in [0.5, 0.6) is 0 Å². The van der Waals surface area contributed by atoms with Crippen LogP contribution in [0.15, 0.2) is 18.3 Å². The monoisotopic (exact) mass is 337 g/mol. The summed E-state index contributed by atoms with van der Waals surface area (Å²) in [6.07, 6.45) is 1.88. The molecule has 2 aromatic rings. The van der Waals surface area contributed by atoms with Crippen LogP contribution in [-0.4, -0.2) is 53.3 Å². The molecular weight excluding hydrogens is 314 g/mol. The summed E-state index contributed by atoms with van der Waals surface area (Å²) in [7, 11) is 2.14. The molecule has 3 rings (SSSR count). The van der Waals surface area contributed by atoms with Gasteiger partial charge in [-0.3, -0.25) is 0 Å². The first kappa shape index (κ1) is 17.1. The van der Waals surface area contributed by atoms with E-state index < -0.39 is 0 Å². The molecule has 25 heavy (non-hydrogen) atoms. The van der Waals surface area contributed by atoms with Gasteiger partial charge in [-0.15, -0.1) is 5.10 Å². The molecule has 1 saturated heterocycles. The Hall–Kier alpha value is -2.72. The van der Waals surface area contributed by atoms with Crippen LogP contribution in [-0.2, 0) is 6.54 Å². The molecule has 0 radical (unpaired) electrons. The summed E-state index contributed by atoms with van der Waals surface area (Å²) in [5, 5.41) is 20.7. The van der Waals surface area contributed by atoms with Gasteiger partial charge < -0.3 is 15.1 Å². The average molecular weight is 337 g/mol. The van der Waals surface area contributed by atoms with Crippen LogP contribution in [0.3, 0.4) is 0 Å². The molecule has 0 aromatic carbocycles. The smallest absolute Gasteiger partial charge is 0.167 e. The van der Waals surface area contributed by atoms with Crippen molar-refractivity contribution < 1.29 is 0 Å². The lowest BCUT2D eigenvalue weighted by atomic mass is 10.1. The summed E-state index contributed by atoms with van der Waals surface area (Å²) in [5.74, 6) is 1.54. The van der Waals surface area contributed by atoms with Crippen molar-refractivity contribution in [2.24, 2.45) is 0 Å². The second kappa shape index (κ2) is 7.45. The van der Waals surface area contributed by atoms with Gasteiger partial charge in [-0.05, 0) is 38.1 Å². The van der Waals surface area contributed by atoms with Gasteiger partial charge in [-0.1, -0.05) is 6.07 Å². The SMILES string of the molecule is Cc1nnc(NCc2ccc(N3CCN(C)CC3)nc2)c(C#N)c1C. The molecule has 1 aliphatic heterocycles. The largest absolute Gasteiger partial charge is 0.363 e. The highest BCUT2D eigenvalue weighted by Gasteiger charge is 2.15. The molecule has 1 N–H and O–H groups in total. The molecule has 130 valence electrons. The van der Waals surface area contributed by atoms with Crippen molar-refractivity contribution in [1.29, 1.82) is 5.26 Å². The lowest BCUT2D eigenvalue weighted by Crippen LogP contribution is -2.44. The highest BCUT2D eigenvalue weighted by molar-refractivity contribution is 5.56. The fourth-order valence-electron chi connectivity index (χ4n) is 2.80. The molecule has 0 spiro atoms. The number of anilines is 2. The molecular formula is C18H23N7. The van der Waals surface area contributed by atoms with Crippen molar-refractivity contribution >= 4 is 11.6 Å². The van der Waals surface area contributed by atoms with E-state index in [1.165, 1.54) is 0 Å². The highest BCUT2D eigenvalue weighted by atomic mass is 15.3. The molecule has 3 heterocycles. The molecule has 0 unspecified atom stereocenters. The number of aryl methyl sites for hydroxylation is 1. The van der Waals surface area contributed by atoms with Gasteiger partial charge in [0.05, 0.1) is 5.69 Å². The quantitative estimate of drug-likeness (QED) is 0.910. The number of aromatic nitrogens is 3. The minimum absolute atomic E-state index is 0.522. The number of nitrogens with zero attached hydrogens (tertiary/aromatic N) is 6. The maximum Gasteiger partial charge on any atom is 0.167 e. The van der Waals surface area contributed by atoms with Crippen molar-refractivity contribution in [3.63, 3.8) is 0 Å². The van der Waals surface area contributed by atoms with Gasteiger partial charge in [0.25, 0.3) is 0 Å². The van der Waals surface area contributed by atoms with Gasteiger partial charge in [0.1, 0.15) is 17.5 Å². The third kappa shape index (κ3) is 3.86. The minimum Gasteiger partial charge on any atom is -0.363 e. The van der Waals surface area contributed by atoms with Crippen LogP contribution in [0.25, 0.3) is 0 Å². The van der Waals surface area contributed by atoms with Gasteiger partial charge in [0.2, 0.25) is 0 Å². The predicted molar refractivity (Wildman–Crippen MR) is 97.5 cm³/mol. The Morgan fingerprint density at radius 2 is 1.92 bits per heavy atom. The number of nitriles is 1. The zero-order valence-electron chi connectivity index (χ0n) is 15.0. The summed E-state index contributed by atoms with van der Waals surface area (Å²) in [6, 6.07) is 6.32. The molecule has 0 amide bonds. The van der Waals surface area contributed by atoms with E-state index in [9.17, 15) is 5.26 Å². The average Bonchev–Trinajstić information content (AvgIpc) is 2.64. The third-order valence-corrected chi connectivity index (χ3v) is 4.66. The molecule has 7 heteroatoms. The van der Waals surface area contributed by atoms with Crippen LogP contribution >= 0.6 is 0 Å². The minimum atomic E-state index is 0.522. The third-order valence-electron chi connectivity index (χ3n) is 4.66. The van der Waals surface area contributed by atoms with E-state index in [0.717, 1.165) is 48.8 Å². The van der Waals surface area contributed by atoms with E-state index in [1.54, 1.807) is 0 Å². The maximum absolute atomic E-state index is 9.34. The Morgan fingerprint density at radius 1 is 1.16 bits per heavy atom.